The van der Waals surface area contributed by atoms with Crippen LogP contribution in [0.5, 0.6) is 11.5 Å². The van der Waals surface area contributed by atoms with Gasteiger partial charge in [-0.1, -0.05) is 18.2 Å². The Morgan fingerprint density at radius 3 is 2.92 bits per heavy atom. The quantitative estimate of drug-likeness (QED) is 0.698. The molecule has 1 aromatic heterocycles. The van der Waals surface area contributed by atoms with Crippen LogP contribution in [0.2, 0.25) is 0 Å². The van der Waals surface area contributed by atoms with Crippen LogP contribution in [0.3, 0.4) is 0 Å². The average molecular weight is 412 g/mol. The molecule has 2 aliphatic rings. The van der Waals surface area contributed by atoms with Crippen LogP contribution in [0.15, 0.2) is 40.9 Å². The van der Waals surface area contributed by atoms with Gasteiger partial charge in [-0.15, -0.1) is 0 Å². The predicted molar refractivity (Wildman–Crippen MR) is 100.0 cm³/mol. The first-order chi connectivity index (χ1) is 12.6. The molecule has 0 spiro atoms. The molecule has 0 aliphatic carbocycles. The van der Waals surface area contributed by atoms with Gasteiger partial charge in [0, 0.05) is 16.4 Å². The molecule has 7 heteroatoms. The highest BCUT2D eigenvalue weighted by Crippen LogP contribution is 2.36. The smallest absolute Gasteiger partial charge is 0.258 e. The van der Waals surface area contributed by atoms with Gasteiger partial charge < -0.3 is 20.1 Å². The number of halogens is 1. The molecule has 6 nitrogen and oxygen atoms in total. The molecule has 3 aromatic rings. The number of hydrogen-bond acceptors (Lipinski definition) is 5. The van der Waals surface area contributed by atoms with Crippen LogP contribution in [0.25, 0.3) is 10.9 Å². The zero-order valence-corrected chi connectivity index (χ0v) is 15.2. The summed E-state index contributed by atoms with van der Waals surface area (Å²) >= 11 is 3.51. The van der Waals surface area contributed by atoms with Crippen LogP contribution >= 0.6 is 15.9 Å². The maximum Gasteiger partial charge on any atom is 0.258 e. The normalized spacial score (nSPS) is 15.0. The summed E-state index contributed by atoms with van der Waals surface area (Å²) < 4.78 is 11.6. The number of carbonyl (C=O) groups is 1. The molecule has 26 heavy (non-hydrogen) atoms. The average Bonchev–Trinajstić information content (AvgIpc) is 3.21. The molecule has 5 rings (SSSR count). The van der Waals surface area contributed by atoms with E-state index in [1.54, 1.807) is 4.90 Å². The summed E-state index contributed by atoms with van der Waals surface area (Å²) in [7, 11) is 0. The number of nitrogens with two attached hydrogens (primary N) is 1. The van der Waals surface area contributed by atoms with Crippen molar-refractivity contribution in [1.29, 1.82) is 0 Å². The monoisotopic (exact) mass is 411 g/mol. The highest BCUT2D eigenvalue weighted by Gasteiger charge is 2.32. The van der Waals surface area contributed by atoms with Crippen molar-refractivity contribution in [2.24, 2.45) is 0 Å². The van der Waals surface area contributed by atoms with E-state index in [1.807, 2.05) is 36.4 Å². The van der Waals surface area contributed by atoms with Gasteiger partial charge in [-0.3, -0.25) is 4.79 Å². The molecule has 0 saturated heterocycles. The van der Waals surface area contributed by atoms with Crippen LogP contribution in [-0.4, -0.2) is 22.6 Å². The summed E-state index contributed by atoms with van der Waals surface area (Å²) in [5, 5.41) is 0.788. The number of nitrogens with zero attached hydrogens (tertiary/aromatic N) is 2. The number of carbonyl (C=O) groups excluding carboxylic acids is 1. The highest BCUT2D eigenvalue weighted by atomic mass is 79.9. The van der Waals surface area contributed by atoms with Gasteiger partial charge in [0.05, 0.1) is 29.0 Å². The van der Waals surface area contributed by atoms with Gasteiger partial charge in [0.15, 0.2) is 11.5 Å². The van der Waals surface area contributed by atoms with E-state index in [9.17, 15) is 4.79 Å². The molecule has 0 unspecified atom stereocenters. The Kier molecular flexibility index (Phi) is 3.33. The molecule has 1 amide bonds. The Morgan fingerprint density at radius 1 is 1.19 bits per heavy atom. The van der Waals surface area contributed by atoms with Gasteiger partial charge in [0.1, 0.15) is 0 Å². The van der Waals surface area contributed by atoms with Gasteiger partial charge in [-0.05, 0) is 39.7 Å². The summed E-state index contributed by atoms with van der Waals surface area (Å²) in [5.74, 6) is 1.34. The van der Waals surface area contributed by atoms with Crippen molar-refractivity contribution in [3.63, 3.8) is 0 Å². The fourth-order valence-corrected chi connectivity index (χ4v) is 3.93. The first-order valence-corrected chi connectivity index (χ1v) is 8.95. The fourth-order valence-electron chi connectivity index (χ4n) is 3.48. The Labute approximate surface area is 157 Å². The topological polar surface area (TPSA) is 77.7 Å². The van der Waals surface area contributed by atoms with Crippen LogP contribution in [0.4, 0.5) is 5.69 Å². The molecule has 2 aliphatic heterocycles. The Balaban J connectivity index is 1.51. The summed E-state index contributed by atoms with van der Waals surface area (Å²) in [6.07, 6.45) is 0. The molecule has 130 valence electrons. The second kappa shape index (κ2) is 5.60. The standard InChI is InChI=1S/C19H14BrN3O3/c20-12-3-1-2-11-17(21)16-13(22-18(11)12)8-23(19(16)24)7-10-4-5-14-15(6-10)26-9-25-14/h1-6H,7-9H2,(H2,21,22). The maximum absolute atomic E-state index is 12.9. The SMILES string of the molecule is Nc1c2c(nc3c(Br)cccc13)CN(Cc1ccc3c(c1)OCO3)C2=O. The lowest BCUT2D eigenvalue weighted by molar-refractivity contribution is 0.0767. The van der Waals surface area contributed by atoms with E-state index in [-0.39, 0.29) is 12.7 Å². The third kappa shape index (κ3) is 2.24. The largest absolute Gasteiger partial charge is 0.454 e. The fraction of sp³-hybridized carbons (Fsp3) is 0.158. The van der Waals surface area contributed by atoms with E-state index in [0.29, 0.717) is 35.8 Å². The molecule has 0 bridgehead atoms. The summed E-state index contributed by atoms with van der Waals surface area (Å²) in [5.41, 5.74) is 9.78. The Bertz CT molecular complexity index is 1080. The van der Waals surface area contributed by atoms with Crippen molar-refractivity contribution in [2.75, 3.05) is 12.5 Å². The predicted octanol–water partition coefficient (Wildman–Crippen LogP) is 3.46. The van der Waals surface area contributed by atoms with Crippen molar-refractivity contribution >= 4 is 38.4 Å². The number of rotatable bonds is 2. The summed E-state index contributed by atoms with van der Waals surface area (Å²) in [6, 6.07) is 11.4. The first-order valence-electron chi connectivity index (χ1n) is 8.16. The lowest BCUT2D eigenvalue weighted by atomic mass is 10.1. The molecule has 0 saturated carbocycles. The molecule has 0 atom stereocenters. The second-order valence-electron chi connectivity index (χ2n) is 6.33. The Hall–Kier alpha value is -2.80. The maximum atomic E-state index is 12.9. The van der Waals surface area contributed by atoms with Crippen LogP contribution in [0, 0.1) is 0 Å². The minimum atomic E-state index is -0.0930. The van der Waals surface area contributed by atoms with E-state index in [0.717, 1.165) is 26.7 Å². The minimum absolute atomic E-state index is 0.0930. The van der Waals surface area contributed by atoms with Crippen LogP contribution < -0.4 is 15.2 Å². The van der Waals surface area contributed by atoms with E-state index in [1.165, 1.54) is 0 Å². The number of anilines is 1. The third-order valence-corrected chi connectivity index (χ3v) is 5.37. The van der Waals surface area contributed by atoms with Crippen molar-refractivity contribution in [1.82, 2.24) is 9.88 Å². The lowest BCUT2D eigenvalue weighted by Gasteiger charge is -2.15. The molecule has 2 aromatic carbocycles. The number of benzene rings is 2. The van der Waals surface area contributed by atoms with E-state index in [2.05, 4.69) is 20.9 Å². The first kappa shape index (κ1) is 15.5. The van der Waals surface area contributed by atoms with Gasteiger partial charge >= 0.3 is 0 Å². The van der Waals surface area contributed by atoms with Crippen LogP contribution in [0.1, 0.15) is 21.6 Å². The number of ether oxygens (including phenoxy) is 2. The van der Waals surface area contributed by atoms with Crippen LogP contribution in [-0.2, 0) is 13.1 Å². The zero-order chi connectivity index (χ0) is 17.8. The second-order valence-corrected chi connectivity index (χ2v) is 7.19. The molecule has 0 radical (unpaired) electrons. The number of aromatic nitrogens is 1. The number of hydrogen-bond donors (Lipinski definition) is 1. The molecule has 0 fully saturated rings. The van der Waals surface area contributed by atoms with E-state index < -0.39 is 0 Å². The third-order valence-electron chi connectivity index (χ3n) is 4.73. The Morgan fingerprint density at radius 2 is 2.04 bits per heavy atom. The molecule has 2 N–H and O–H groups in total. The van der Waals surface area contributed by atoms with E-state index in [4.69, 9.17) is 15.2 Å². The molecular weight excluding hydrogens is 398 g/mol. The van der Waals surface area contributed by atoms with E-state index >= 15 is 0 Å². The number of pyridine rings is 1. The van der Waals surface area contributed by atoms with Crippen molar-refractivity contribution in [2.45, 2.75) is 13.1 Å². The molecular formula is C19H14BrN3O3. The summed E-state index contributed by atoms with van der Waals surface area (Å²) in [4.78, 5) is 19.4. The van der Waals surface area contributed by atoms with Gasteiger partial charge in [0.2, 0.25) is 6.79 Å². The van der Waals surface area contributed by atoms with Crippen molar-refractivity contribution < 1.29 is 14.3 Å². The van der Waals surface area contributed by atoms with Crippen molar-refractivity contribution in [3.05, 3.63) is 57.7 Å². The van der Waals surface area contributed by atoms with Crippen molar-refractivity contribution in [3.8, 4) is 11.5 Å². The lowest BCUT2D eigenvalue weighted by Crippen LogP contribution is -2.23. The molecule has 3 heterocycles. The summed E-state index contributed by atoms with van der Waals surface area (Å²) in [6.45, 7) is 1.13. The number of nitrogen functional groups attached to an aromatic ring is 1. The van der Waals surface area contributed by atoms with Gasteiger partial charge in [-0.2, -0.15) is 0 Å². The van der Waals surface area contributed by atoms with Gasteiger partial charge in [-0.25, -0.2) is 4.98 Å². The highest BCUT2D eigenvalue weighted by molar-refractivity contribution is 9.10. The number of para-hydroxylation sites is 1. The minimum Gasteiger partial charge on any atom is -0.454 e. The van der Waals surface area contributed by atoms with Gasteiger partial charge in [0.25, 0.3) is 5.91 Å². The zero-order valence-electron chi connectivity index (χ0n) is 13.7. The number of amides is 1. The number of fused-ring (bicyclic) bond motifs is 3.